The lowest BCUT2D eigenvalue weighted by Crippen LogP contribution is -2.18. The Morgan fingerprint density at radius 1 is 1.12 bits per heavy atom. The van der Waals surface area contributed by atoms with Gasteiger partial charge in [0.05, 0.1) is 0 Å². The van der Waals surface area contributed by atoms with Gasteiger partial charge in [-0.1, -0.05) is 38.1 Å². The molecular formula is C14H23NO. The maximum absolute atomic E-state index is 5.12. The molecule has 0 fully saturated rings. The summed E-state index contributed by atoms with van der Waals surface area (Å²) in [6, 6.07) is 9.26. The molecule has 0 saturated carbocycles. The predicted molar refractivity (Wildman–Crippen MR) is 68.8 cm³/mol. The molecule has 0 aromatic heterocycles. The first-order valence-corrected chi connectivity index (χ1v) is 5.95. The molecule has 0 spiro atoms. The van der Waals surface area contributed by atoms with Crippen LogP contribution < -0.4 is 5.32 Å². The molecule has 0 bridgehead atoms. The van der Waals surface area contributed by atoms with Crippen molar-refractivity contribution in [1.29, 1.82) is 0 Å². The highest BCUT2D eigenvalue weighted by molar-refractivity contribution is 5.26. The van der Waals surface area contributed by atoms with Crippen LogP contribution >= 0.6 is 0 Å². The summed E-state index contributed by atoms with van der Waals surface area (Å²) in [5, 5.41) is 3.32. The normalized spacial score (nSPS) is 13.1. The molecule has 1 aromatic rings. The average molecular weight is 221 g/mol. The summed E-state index contributed by atoms with van der Waals surface area (Å²) in [7, 11) is 3.74. The summed E-state index contributed by atoms with van der Waals surface area (Å²) < 4.78 is 5.12. The first kappa shape index (κ1) is 13.2. The standard InChI is InChI=1S/C14H23NO/c1-11(2)12-5-7-13(8-6-12)14(15-3)9-10-16-4/h5-8,11,14-15H,9-10H2,1-4H3. The van der Waals surface area contributed by atoms with Crippen LogP contribution in [0, 0.1) is 0 Å². The number of ether oxygens (including phenoxy) is 1. The van der Waals surface area contributed by atoms with Gasteiger partial charge in [-0.3, -0.25) is 0 Å². The van der Waals surface area contributed by atoms with E-state index < -0.39 is 0 Å². The molecule has 0 radical (unpaired) electrons. The summed E-state index contributed by atoms with van der Waals surface area (Å²) >= 11 is 0. The van der Waals surface area contributed by atoms with Gasteiger partial charge in [0.25, 0.3) is 0 Å². The largest absolute Gasteiger partial charge is 0.385 e. The summed E-state index contributed by atoms with van der Waals surface area (Å²) in [5.41, 5.74) is 2.73. The first-order valence-electron chi connectivity index (χ1n) is 5.95. The fourth-order valence-corrected chi connectivity index (χ4v) is 1.83. The molecule has 0 amide bonds. The Morgan fingerprint density at radius 2 is 1.69 bits per heavy atom. The van der Waals surface area contributed by atoms with Gasteiger partial charge in [0.1, 0.15) is 0 Å². The second kappa shape index (κ2) is 6.66. The van der Waals surface area contributed by atoms with Crippen molar-refractivity contribution in [1.82, 2.24) is 5.32 Å². The van der Waals surface area contributed by atoms with E-state index in [0.29, 0.717) is 12.0 Å². The monoisotopic (exact) mass is 221 g/mol. The zero-order valence-corrected chi connectivity index (χ0v) is 10.8. The number of nitrogens with one attached hydrogen (secondary N) is 1. The molecule has 16 heavy (non-hydrogen) atoms. The number of hydrogen-bond acceptors (Lipinski definition) is 2. The van der Waals surface area contributed by atoms with Crippen molar-refractivity contribution in [2.24, 2.45) is 0 Å². The highest BCUT2D eigenvalue weighted by Crippen LogP contribution is 2.20. The van der Waals surface area contributed by atoms with Gasteiger partial charge in [0.2, 0.25) is 0 Å². The van der Waals surface area contributed by atoms with Crippen molar-refractivity contribution in [3.05, 3.63) is 35.4 Å². The van der Waals surface area contributed by atoms with Gasteiger partial charge in [-0.15, -0.1) is 0 Å². The number of benzene rings is 1. The van der Waals surface area contributed by atoms with E-state index in [1.165, 1.54) is 11.1 Å². The molecule has 1 atom stereocenters. The van der Waals surface area contributed by atoms with Gasteiger partial charge >= 0.3 is 0 Å². The van der Waals surface area contributed by atoms with Crippen LogP contribution in [0.5, 0.6) is 0 Å². The van der Waals surface area contributed by atoms with Crippen LogP contribution in [0.4, 0.5) is 0 Å². The van der Waals surface area contributed by atoms with Crippen LogP contribution in [0.25, 0.3) is 0 Å². The molecular weight excluding hydrogens is 198 g/mol. The number of methoxy groups -OCH3 is 1. The van der Waals surface area contributed by atoms with E-state index >= 15 is 0 Å². The lowest BCUT2D eigenvalue weighted by Gasteiger charge is -2.17. The molecule has 90 valence electrons. The quantitative estimate of drug-likeness (QED) is 0.797. The molecule has 1 N–H and O–H groups in total. The Bertz CT molecular complexity index is 292. The highest BCUT2D eigenvalue weighted by atomic mass is 16.5. The van der Waals surface area contributed by atoms with Crippen LogP contribution in [0.1, 0.15) is 43.4 Å². The van der Waals surface area contributed by atoms with Crippen LogP contribution in [0.3, 0.4) is 0 Å². The summed E-state index contributed by atoms with van der Waals surface area (Å²) in [4.78, 5) is 0. The Morgan fingerprint density at radius 3 is 2.12 bits per heavy atom. The predicted octanol–water partition coefficient (Wildman–Crippen LogP) is 3.11. The minimum atomic E-state index is 0.390. The third kappa shape index (κ3) is 3.62. The highest BCUT2D eigenvalue weighted by Gasteiger charge is 2.08. The molecule has 0 aliphatic rings. The minimum Gasteiger partial charge on any atom is -0.385 e. The zero-order chi connectivity index (χ0) is 12.0. The SMILES string of the molecule is CNC(CCOC)c1ccc(C(C)C)cc1. The molecule has 2 nitrogen and oxygen atoms in total. The first-order chi connectivity index (χ1) is 7.69. The minimum absolute atomic E-state index is 0.390. The van der Waals surface area contributed by atoms with Gasteiger partial charge in [-0.05, 0) is 30.5 Å². The van der Waals surface area contributed by atoms with Crippen molar-refractivity contribution >= 4 is 0 Å². The Hall–Kier alpha value is -0.860. The Labute approximate surface area is 99.0 Å². The zero-order valence-electron chi connectivity index (χ0n) is 10.8. The molecule has 1 rings (SSSR count). The van der Waals surface area contributed by atoms with E-state index in [2.05, 4.69) is 43.4 Å². The summed E-state index contributed by atoms with van der Waals surface area (Å²) in [5.74, 6) is 0.598. The van der Waals surface area contributed by atoms with Gasteiger partial charge in [-0.2, -0.15) is 0 Å². The van der Waals surface area contributed by atoms with Crippen LogP contribution in [0.2, 0.25) is 0 Å². The molecule has 0 heterocycles. The fourth-order valence-electron chi connectivity index (χ4n) is 1.83. The third-order valence-electron chi connectivity index (χ3n) is 2.96. The van der Waals surface area contributed by atoms with Gasteiger partial charge in [-0.25, -0.2) is 0 Å². The van der Waals surface area contributed by atoms with Gasteiger partial charge < -0.3 is 10.1 Å². The second-order valence-corrected chi connectivity index (χ2v) is 4.44. The van der Waals surface area contributed by atoms with E-state index in [-0.39, 0.29) is 0 Å². The van der Waals surface area contributed by atoms with E-state index in [0.717, 1.165) is 13.0 Å². The fraction of sp³-hybridized carbons (Fsp3) is 0.571. The van der Waals surface area contributed by atoms with Gasteiger partial charge in [0, 0.05) is 19.8 Å². The second-order valence-electron chi connectivity index (χ2n) is 4.44. The molecule has 1 aromatic carbocycles. The lowest BCUT2D eigenvalue weighted by molar-refractivity contribution is 0.184. The van der Waals surface area contributed by atoms with E-state index in [9.17, 15) is 0 Å². The van der Waals surface area contributed by atoms with Crippen molar-refractivity contribution in [2.45, 2.75) is 32.2 Å². The van der Waals surface area contributed by atoms with Gasteiger partial charge in [0.15, 0.2) is 0 Å². The van der Waals surface area contributed by atoms with Crippen molar-refractivity contribution in [2.75, 3.05) is 20.8 Å². The van der Waals surface area contributed by atoms with Crippen molar-refractivity contribution in [3.63, 3.8) is 0 Å². The van der Waals surface area contributed by atoms with Crippen LogP contribution in [-0.2, 0) is 4.74 Å². The summed E-state index contributed by atoms with van der Waals surface area (Å²) in [6.07, 6.45) is 1.01. The van der Waals surface area contributed by atoms with E-state index in [4.69, 9.17) is 4.74 Å². The molecule has 2 heteroatoms. The average Bonchev–Trinajstić information content (AvgIpc) is 2.30. The maximum Gasteiger partial charge on any atom is 0.0480 e. The lowest BCUT2D eigenvalue weighted by atomic mass is 9.98. The topological polar surface area (TPSA) is 21.3 Å². The molecule has 1 unspecified atom stereocenters. The Kier molecular flexibility index (Phi) is 5.50. The van der Waals surface area contributed by atoms with E-state index in [1.807, 2.05) is 7.05 Å². The number of hydrogen-bond donors (Lipinski definition) is 1. The smallest absolute Gasteiger partial charge is 0.0480 e. The van der Waals surface area contributed by atoms with E-state index in [1.54, 1.807) is 7.11 Å². The summed E-state index contributed by atoms with van der Waals surface area (Å²) in [6.45, 7) is 5.22. The number of rotatable bonds is 6. The Balaban J connectivity index is 2.70. The van der Waals surface area contributed by atoms with Crippen LogP contribution in [0.15, 0.2) is 24.3 Å². The molecule has 0 saturated heterocycles. The molecule has 0 aliphatic heterocycles. The van der Waals surface area contributed by atoms with Crippen molar-refractivity contribution < 1.29 is 4.74 Å². The van der Waals surface area contributed by atoms with Crippen molar-refractivity contribution in [3.8, 4) is 0 Å². The molecule has 0 aliphatic carbocycles. The maximum atomic E-state index is 5.12. The third-order valence-corrected chi connectivity index (χ3v) is 2.96. The van der Waals surface area contributed by atoms with Crippen LogP contribution in [-0.4, -0.2) is 20.8 Å².